The highest BCUT2D eigenvalue weighted by molar-refractivity contribution is 6.31. The van der Waals surface area contributed by atoms with Crippen LogP contribution in [-0.2, 0) is 19.9 Å². The van der Waals surface area contributed by atoms with Crippen molar-refractivity contribution in [3.8, 4) is 5.75 Å². The van der Waals surface area contributed by atoms with Gasteiger partial charge >= 0.3 is 5.97 Å². The standard InChI is InChI=1S/C32H31ClF2N2O6/c1-17-25(8-7-24(30(17)35)32(2,3)37-27(38)10-11-29(40)41)36-28(39)16-43-26-9-6-21(33)15-23(26)31(42)20-12-19(18-4-5-18)13-22(34)14-20/h6-9,12-15,18H,4-5,10-11,16H2,1-3H3,(H,36,39)(H,37,38)(H,40,41). The molecule has 43 heavy (non-hydrogen) atoms. The van der Waals surface area contributed by atoms with Gasteiger partial charge in [0.1, 0.15) is 17.4 Å². The summed E-state index contributed by atoms with van der Waals surface area (Å²) in [5, 5.41) is 14.3. The number of rotatable bonds is 12. The smallest absolute Gasteiger partial charge is 0.303 e. The first-order valence-corrected chi connectivity index (χ1v) is 14.0. The Labute approximate surface area is 252 Å². The third kappa shape index (κ3) is 7.95. The zero-order chi connectivity index (χ0) is 31.5. The number of nitrogens with one attached hydrogen (secondary N) is 2. The maximum absolute atomic E-state index is 15.4. The number of carboxylic acid groups (broad SMARTS) is 1. The van der Waals surface area contributed by atoms with E-state index in [-0.39, 0.29) is 57.5 Å². The zero-order valence-corrected chi connectivity index (χ0v) is 24.6. The van der Waals surface area contributed by atoms with E-state index in [2.05, 4.69) is 10.6 Å². The highest BCUT2D eigenvalue weighted by Gasteiger charge is 2.29. The summed E-state index contributed by atoms with van der Waals surface area (Å²) in [6.07, 6.45) is 1.27. The van der Waals surface area contributed by atoms with Crippen LogP contribution < -0.4 is 15.4 Å². The fourth-order valence-corrected chi connectivity index (χ4v) is 4.86. The second-order valence-corrected chi connectivity index (χ2v) is 11.5. The molecule has 3 aromatic rings. The Hall–Kier alpha value is -4.31. The lowest BCUT2D eigenvalue weighted by Gasteiger charge is -2.28. The molecule has 0 saturated heterocycles. The van der Waals surface area contributed by atoms with Crippen molar-refractivity contribution in [1.29, 1.82) is 0 Å². The van der Waals surface area contributed by atoms with Crippen molar-refractivity contribution in [2.75, 3.05) is 11.9 Å². The van der Waals surface area contributed by atoms with Gasteiger partial charge in [-0.15, -0.1) is 0 Å². The normalized spacial score (nSPS) is 12.9. The van der Waals surface area contributed by atoms with E-state index in [9.17, 15) is 23.6 Å². The minimum Gasteiger partial charge on any atom is -0.483 e. The quantitative estimate of drug-likeness (QED) is 0.207. The molecule has 8 nitrogen and oxygen atoms in total. The molecule has 0 aromatic heterocycles. The molecule has 1 fully saturated rings. The molecule has 2 amide bonds. The average molecular weight is 613 g/mol. The molecule has 0 spiro atoms. The Morgan fingerprint density at radius 2 is 1.72 bits per heavy atom. The zero-order valence-electron chi connectivity index (χ0n) is 23.9. The van der Waals surface area contributed by atoms with Crippen LogP contribution in [-0.4, -0.2) is 35.3 Å². The largest absolute Gasteiger partial charge is 0.483 e. The minimum absolute atomic E-state index is 0.0619. The Balaban J connectivity index is 1.45. The number of amides is 2. The number of ether oxygens (including phenoxy) is 1. The van der Waals surface area contributed by atoms with Crippen molar-refractivity contribution in [2.45, 2.75) is 57.9 Å². The van der Waals surface area contributed by atoms with Crippen molar-refractivity contribution in [2.24, 2.45) is 0 Å². The van der Waals surface area contributed by atoms with Crippen molar-refractivity contribution in [1.82, 2.24) is 5.32 Å². The van der Waals surface area contributed by atoms with Gasteiger partial charge in [-0.2, -0.15) is 0 Å². The Morgan fingerprint density at radius 1 is 1.00 bits per heavy atom. The minimum atomic E-state index is -1.16. The van der Waals surface area contributed by atoms with Crippen LogP contribution in [0.1, 0.15) is 78.1 Å². The van der Waals surface area contributed by atoms with Crippen molar-refractivity contribution in [3.05, 3.63) is 93.0 Å². The number of ketones is 1. The summed E-state index contributed by atoms with van der Waals surface area (Å²) in [5.41, 5.74) is 0.229. The predicted octanol–water partition coefficient (Wildman–Crippen LogP) is 6.27. The molecule has 0 heterocycles. The molecular formula is C32H31ClF2N2O6. The monoisotopic (exact) mass is 612 g/mol. The van der Waals surface area contributed by atoms with E-state index in [1.165, 1.54) is 43.3 Å². The van der Waals surface area contributed by atoms with Gasteiger partial charge in [-0.3, -0.25) is 19.2 Å². The van der Waals surface area contributed by atoms with Crippen LogP contribution in [0, 0.1) is 18.6 Å². The van der Waals surface area contributed by atoms with Crippen LogP contribution in [0.25, 0.3) is 0 Å². The molecule has 3 N–H and O–H groups in total. The summed E-state index contributed by atoms with van der Waals surface area (Å²) in [4.78, 5) is 49.0. The van der Waals surface area contributed by atoms with Crippen LogP contribution in [0.15, 0.2) is 48.5 Å². The van der Waals surface area contributed by atoms with Crippen LogP contribution in [0.3, 0.4) is 0 Å². The summed E-state index contributed by atoms with van der Waals surface area (Å²) in [7, 11) is 0. The first-order valence-electron chi connectivity index (χ1n) is 13.6. The molecule has 0 atom stereocenters. The van der Waals surface area contributed by atoms with Gasteiger partial charge in [0, 0.05) is 33.8 Å². The van der Waals surface area contributed by atoms with Crippen LogP contribution in [0.2, 0.25) is 5.02 Å². The van der Waals surface area contributed by atoms with Gasteiger partial charge in [0.15, 0.2) is 12.4 Å². The molecule has 0 aliphatic heterocycles. The number of benzene rings is 3. The van der Waals surface area contributed by atoms with E-state index in [0.29, 0.717) is 0 Å². The Bertz CT molecular complexity index is 1600. The second kappa shape index (κ2) is 12.9. The molecule has 11 heteroatoms. The van der Waals surface area contributed by atoms with Crippen molar-refractivity contribution in [3.63, 3.8) is 0 Å². The van der Waals surface area contributed by atoms with Crippen molar-refractivity contribution >= 4 is 40.9 Å². The third-order valence-electron chi connectivity index (χ3n) is 7.13. The molecule has 3 aromatic carbocycles. The molecular weight excluding hydrogens is 582 g/mol. The van der Waals surface area contributed by atoms with E-state index in [1.54, 1.807) is 19.9 Å². The van der Waals surface area contributed by atoms with Crippen LogP contribution in [0.5, 0.6) is 5.75 Å². The number of anilines is 1. The van der Waals surface area contributed by atoms with Gasteiger partial charge in [-0.05, 0) is 87.6 Å². The number of carboxylic acids is 1. The number of aliphatic carboxylic acids is 1. The van der Waals surface area contributed by atoms with E-state index >= 15 is 4.39 Å². The lowest BCUT2D eigenvalue weighted by Crippen LogP contribution is -2.41. The van der Waals surface area contributed by atoms with Gasteiger partial charge < -0.3 is 20.5 Å². The second-order valence-electron chi connectivity index (χ2n) is 11.0. The maximum atomic E-state index is 15.4. The van der Waals surface area contributed by atoms with E-state index in [4.69, 9.17) is 21.4 Å². The molecule has 4 rings (SSSR count). The van der Waals surface area contributed by atoms with Crippen LogP contribution in [0.4, 0.5) is 14.5 Å². The Morgan fingerprint density at radius 3 is 2.40 bits per heavy atom. The molecule has 226 valence electrons. The highest BCUT2D eigenvalue weighted by Crippen LogP contribution is 2.41. The van der Waals surface area contributed by atoms with Crippen molar-refractivity contribution < 1.29 is 37.8 Å². The van der Waals surface area contributed by atoms with E-state index < -0.39 is 47.3 Å². The van der Waals surface area contributed by atoms with E-state index in [1.807, 2.05) is 0 Å². The van der Waals surface area contributed by atoms with Gasteiger partial charge in [-0.1, -0.05) is 17.7 Å². The number of carbonyl (C=O) groups is 4. The Kier molecular flexibility index (Phi) is 9.49. The maximum Gasteiger partial charge on any atom is 0.303 e. The average Bonchev–Trinajstić information content (AvgIpc) is 3.78. The summed E-state index contributed by atoms with van der Waals surface area (Å²) < 4.78 is 35.3. The fraction of sp³-hybridized carbons (Fsp3) is 0.312. The van der Waals surface area contributed by atoms with Crippen LogP contribution >= 0.6 is 11.6 Å². The van der Waals surface area contributed by atoms with Gasteiger partial charge in [0.05, 0.1) is 17.5 Å². The van der Waals surface area contributed by atoms with Gasteiger partial charge in [-0.25, -0.2) is 8.78 Å². The fourth-order valence-electron chi connectivity index (χ4n) is 4.69. The lowest BCUT2D eigenvalue weighted by atomic mass is 9.91. The topological polar surface area (TPSA) is 122 Å². The summed E-state index contributed by atoms with van der Waals surface area (Å²) in [6.45, 7) is 4.10. The first kappa shape index (κ1) is 31.6. The third-order valence-corrected chi connectivity index (χ3v) is 7.36. The summed E-state index contributed by atoms with van der Waals surface area (Å²) in [5.74, 6) is -3.68. The summed E-state index contributed by atoms with van der Waals surface area (Å²) in [6, 6.07) is 11.4. The lowest BCUT2D eigenvalue weighted by molar-refractivity contribution is -0.139. The first-order chi connectivity index (χ1) is 20.2. The number of carbonyl (C=O) groups excluding carboxylic acids is 3. The molecule has 1 aliphatic carbocycles. The van der Waals surface area contributed by atoms with E-state index in [0.717, 1.165) is 24.5 Å². The predicted molar refractivity (Wildman–Crippen MR) is 157 cm³/mol. The SMILES string of the molecule is Cc1c(NC(=O)COc2ccc(Cl)cc2C(=O)c2cc(F)cc(C3CC3)c2)ccc(C(C)(C)NC(=O)CCC(=O)O)c1F. The molecule has 0 bridgehead atoms. The number of hydrogen-bond donors (Lipinski definition) is 3. The number of halogens is 3. The molecule has 0 unspecified atom stereocenters. The van der Waals surface area contributed by atoms with Gasteiger partial charge in [0.2, 0.25) is 5.91 Å². The summed E-state index contributed by atoms with van der Waals surface area (Å²) >= 11 is 6.13. The highest BCUT2D eigenvalue weighted by atomic mass is 35.5. The molecule has 1 aliphatic rings. The molecule has 0 radical (unpaired) electrons. The molecule has 1 saturated carbocycles. The number of hydrogen-bond acceptors (Lipinski definition) is 5. The van der Waals surface area contributed by atoms with Gasteiger partial charge in [0.25, 0.3) is 5.91 Å².